The van der Waals surface area contributed by atoms with E-state index in [0.29, 0.717) is 12.8 Å². The van der Waals surface area contributed by atoms with E-state index in [4.69, 9.17) is 18.9 Å². The molecule has 5 aliphatic heterocycles. The van der Waals surface area contributed by atoms with E-state index in [0.717, 1.165) is 0 Å². The summed E-state index contributed by atoms with van der Waals surface area (Å²) in [7, 11) is 0. The molecular formula is C34H40N4O16. The summed E-state index contributed by atoms with van der Waals surface area (Å²) < 4.78 is 19.0. The molecule has 5 heterocycles. The number of nitrogens with zero attached hydrogens (tertiary/aromatic N) is 4. The summed E-state index contributed by atoms with van der Waals surface area (Å²) in [6.45, 7) is -1.45. The highest BCUT2D eigenvalue weighted by molar-refractivity contribution is 6.23. The van der Waals surface area contributed by atoms with Gasteiger partial charge in [0.15, 0.2) is 26.4 Å². The number of ketones is 4. The number of aliphatic hydroxyl groups excluding tert-OH is 4. The molecule has 0 saturated carbocycles. The smallest absolute Gasteiger partial charge is 0.345 e. The van der Waals surface area contributed by atoms with Gasteiger partial charge in [-0.15, -0.1) is 0 Å². The molecule has 0 atom stereocenters. The lowest BCUT2D eigenvalue weighted by atomic mass is 10.1. The predicted molar refractivity (Wildman–Crippen MR) is 177 cm³/mol. The van der Waals surface area contributed by atoms with Crippen LogP contribution in [0.5, 0.6) is 0 Å². The van der Waals surface area contributed by atoms with Crippen molar-refractivity contribution in [1.82, 2.24) is 19.6 Å². The first kappa shape index (κ1) is 39.8. The lowest BCUT2D eigenvalue weighted by Crippen LogP contribution is -2.43. The van der Waals surface area contributed by atoms with Crippen LogP contribution in [0.1, 0.15) is 12.8 Å². The largest absolute Gasteiger partial charge is 0.510 e. The number of carbonyl (C=O) groups excluding carboxylic acids is 8. The van der Waals surface area contributed by atoms with Crippen LogP contribution in [0.4, 0.5) is 0 Å². The monoisotopic (exact) mass is 760 g/mol. The number of aliphatic hydroxyl groups is 4. The first-order valence-electron chi connectivity index (χ1n) is 17.1. The van der Waals surface area contributed by atoms with Gasteiger partial charge in [-0.1, -0.05) is 0 Å². The number of esters is 4. The molecule has 0 spiro atoms. The molecule has 0 aromatic rings. The van der Waals surface area contributed by atoms with Crippen molar-refractivity contribution in [1.29, 1.82) is 0 Å². The summed E-state index contributed by atoms with van der Waals surface area (Å²) in [5, 5.41) is 43.4. The van der Waals surface area contributed by atoms with Crippen LogP contribution in [-0.4, -0.2) is 192 Å². The Balaban J connectivity index is 1.42. The predicted octanol–water partition coefficient (Wildman–Crippen LogP) is -2.26. The minimum Gasteiger partial charge on any atom is -0.510 e. The standard InChI is InChI=1S/C34H40N4O16/c39-19(27-23(43)15-51-31(27)47)11-35-3-1-4-36(12-20(40)28-24(44)16-52-32(28)48)8-10-38(14-22(42)30-26(46)18-54-34(30)50)6-2-5-37(9-7-35)13-21(41)29-25(45)17-53-33(29)49/h39-42H,1-18H2/b27-19-,28-20+,29-21+,30-22+. The molecule has 5 fully saturated rings. The first-order chi connectivity index (χ1) is 25.7. The van der Waals surface area contributed by atoms with Crippen molar-refractivity contribution in [2.24, 2.45) is 0 Å². The number of Topliss-reactive ketones (excluding diaryl/α,β-unsaturated/α-hetero) is 4. The Morgan fingerprint density at radius 1 is 0.370 bits per heavy atom. The topological polar surface area (TPSA) is 267 Å². The molecule has 292 valence electrons. The molecule has 0 aromatic carbocycles. The van der Waals surface area contributed by atoms with Crippen molar-refractivity contribution in [2.45, 2.75) is 12.8 Å². The minimum atomic E-state index is -0.957. The zero-order valence-corrected chi connectivity index (χ0v) is 29.2. The van der Waals surface area contributed by atoms with Gasteiger partial charge in [-0.05, 0) is 39.0 Å². The third-order valence-corrected chi connectivity index (χ3v) is 9.28. The fourth-order valence-corrected chi connectivity index (χ4v) is 6.52. The Labute approximate surface area is 307 Å². The maximum atomic E-state index is 12.3. The average Bonchev–Trinajstić information content (AvgIpc) is 3.85. The van der Waals surface area contributed by atoms with Crippen LogP contribution in [0.15, 0.2) is 45.3 Å². The molecular weight excluding hydrogens is 720 g/mol. The third-order valence-electron chi connectivity index (χ3n) is 9.28. The molecule has 0 unspecified atom stereocenters. The van der Waals surface area contributed by atoms with E-state index < -0.39 is 119 Å². The SMILES string of the molecule is O=C1COC(=O)/C1=C(\O)CN1CCCN(C/C(O)=C2/C(=O)COC2=O)CCN(C/C(O)=C2/C(=O)COC2=O)CCCN(C/C(O)=C2/C(=O)COC2=O)CC1. The zero-order valence-electron chi connectivity index (χ0n) is 29.2. The summed E-state index contributed by atoms with van der Waals surface area (Å²) in [4.78, 5) is 105. The van der Waals surface area contributed by atoms with E-state index in [1.54, 1.807) is 19.6 Å². The summed E-state index contributed by atoms with van der Waals surface area (Å²) in [5.74, 6) is -8.58. The van der Waals surface area contributed by atoms with Crippen LogP contribution in [0.3, 0.4) is 0 Å². The molecule has 0 aromatic heterocycles. The summed E-state index contributed by atoms with van der Waals surface area (Å²) in [6.07, 6.45) is 0.653. The van der Waals surface area contributed by atoms with Crippen LogP contribution < -0.4 is 0 Å². The van der Waals surface area contributed by atoms with Crippen molar-refractivity contribution < 1.29 is 77.7 Å². The molecule has 0 aliphatic carbocycles. The van der Waals surface area contributed by atoms with E-state index in [2.05, 4.69) is 0 Å². The second kappa shape index (κ2) is 17.6. The average molecular weight is 761 g/mol. The quantitative estimate of drug-likeness (QED) is 0.0668. The highest BCUT2D eigenvalue weighted by Gasteiger charge is 2.36. The van der Waals surface area contributed by atoms with Gasteiger partial charge in [-0.3, -0.25) is 38.8 Å². The Morgan fingerprint density at radius 3 is 0.741 bits per heavy atom. The molecule has 20 heteroatoms. The normalized spacial score (nSPS) is 26.1. The van der Waals surface area contributed by atoms with Gasteiger partial charge in [0, 0.05) is 26.2 Å². The maximum absolute atomic E-state index is 12.3. The number of hydrogen-bond donors (Lipinski definition) is 4. The van der Waals surface area contributed by atoms with Gasteiger partial charge < -0.3 is 39.4 Å². The van der Waals surface area contributed by atoms with Crippen molar-refractivity contribution in [2.75, 3.05) is 105 Å². The van der Waals surface area contributed by atoms with Crippen LogP contribution in [0, 0.1) is 0 Å². The van der Waals surface area contributed by atoms with Gasteiger partial charge in [0.05, 0.1) is 26.2 Å². The second-order valence-corrected chi connectivity index (χ2v) is 13.1. The Hall–Kier alpha value is -5.44. The summed E-state index contributed by atoms with van der Waals surface area (Å²) in [5.41, 5.74) is -1.87. The van der Waals surface area contributed by atoms with Gasteiger partial charge in [-0.25, -0.2) is 19.2 Å². The molecule has 0 radical (unpaired) electrons. The highest BCUT2D eigenvalue weighted by atomic mass is 16.6. The minimum absolute atomic E-state index is 0.165. The van der Waals surface area contributed by atoms with Crippen LogP contribution in [0.2, 0.25) is 0 Å². The zero-order chi connectivity index (χ0) is 39.1. The molecule has 0 amide bonds. The van der Waals surface area contributed by atoms with E-state index >= 15 is 0 Å². The fraction of sp³-hybridized carbons (Fsp3) is 0.529. The Bertz CT molecular complexity index is 1440. The third kappa shape index (κ3) is 9.56. The molecule has 0 bridgehead atoms. The van der Waals surface area contributed by atoms with E-state index in [1.165, 1.54) is 0 Å². The Morgan fingerprint density at radius 2 is 0.574 bits per heavy atom. The highest BCUT2D eigenvalue weighted by Crippen LogP contribution is 2.19. The molecule has 54 heavy (non-hydrogen) atoms. The van der Waals surface area contributed by atoms with Crippen molar-refractivity contribution in [3.05, 3.63) is 45.3 Å². The van der Waals surface area contributed by atoms with Gasteiger partial charge in [0.25, 0.3) is 0 Å². The number of rotatable bonds is 8. The lowest BCUT2D eigenvalue weighted by molar-refractivity contribution is -0.136. The number of carbonyl (C=O) groups is 8. The summed E-state index contributed by atoms with van der Waals surface area (Å²) in [6, 6.07) is 0. The molecule has 20 nitrogen and oxygen atoms in total. The van der Waals surface area contributed by atoms with E-state index in [1.807, 2.05) is 0 Å². The van der Waals surface area contributed by atoms with E-state index in [-0.39, 0.29) is 78.5 Å². The molecule has 5 saturated heterocycles. The van der Waals surface area contributed by atoms with Crippen molar-refractivity contribution in [3.63, 3.8) is 0 Å². The molecule has 5 rings (SSSR count). The van der Waals surface area contributed by atoms with Crippen LogP contribution >= 0.6 is 0 Å². The summed E-state index contributed by atoms with van der Waals surface area (Å²) >= 11 is 0. The van der Waals surface area contributed by atoms with Crippen LogP contribution in [-0.2, 0) is 57.3 Å². The van der Waals surface area contributed by atoms with Crippen LogP contribution in [0.25, 0.3) is 0 Å². The Kier molecular flexibility index (Phi) is 13.0. The van der Waals surface area contributed by atoms with Gasteiger partial charge in [0.2, 0.25) is 23.1 Å². The molecule has 5 aliphatic rings. The number of ether oxygens (including phenoxy) is 4. The van der Waals surface area contributed by atoms with Gasteiger partial charge in [0.1, 0.15) is 45.3 Å². The van der Waals surface area contributed by atoms with Gasteiger partial charge >= 0.3 is 23.9 Å². The van der Waals surface area contributed by atoms with E-state index in [9.17, 15) is 58.8 Å². The fourth-order valence-electron chi connectivity index (χ4n) is 6.52. The lowest BCUT2D eigenvalue weighted by Gasteiger charge is -2.32. The maximum Gasteiger partial charge on any atom is 0.345 e. The number of hydrogen-bond acceptors (Lipinski definition) is 20. The first-order valence-corrected chi connectivity index (χ1v) is 17.1. The number of cyclic esters (lactones) is 4. The van der Waals surface area contributed by atoms with Crippen molar-refractivity contribution in [3.8, 4) is 0 Å². The molecule has 4 N–H and O–H groups in total. The van der Waals surface area contributed by atoms with Crippen molar-refractivity contribution >= 4 is 47.0 Å². The van der Waals surface area contributed by atoms with Gasteiger partial charge in [-0.2, -0.15) is 0 Å². The second-order valence-electron chi connectivity index (χ2n) is 13.1.